The van der Waals surface area contributed by atoms with Crippen molar-refractivity contribution in [3.8, 4) is 0 Å². The Balaban J connectivity index is 0. The first-order valence-corrected chi connectivity index (χ1v) is 20.9. The third kappa shape index (κ3) is 34.3. The normalized spacial score (nSPS) is 10.9. The van der Waals surface area contributed by atoms with Gasteiger partial charge >= 0.3 is 92.4 Å². The number of aliphatic carboxylic acids is 1. The van der Waals surface area contributed by atoms with E-state index in [1.165, 1.54) is 103 Å². The van der Waals surface area contributed by atoms with Gasteiger partial charge < -0.3 is 9.90 Å². The Labute approximate surface area is 216 Å². The Morgan fingerprint density at radius 2 is 0.909 bits per heavy atom. The minimum atomic E-state index is -0.914. The fraction of sp³-hybridized carbons (Fsp3) is 0.900. The van der Waals surface area contributed by atoms with Crippen LogP contribution in [0.5, 0.6) is 0 Å². The van der Waals surface area contributed by atoms with Crippen molar-refractivity contribution >= 4 is 25.7 Å². The molecule has 0 N–H and O–H groups in total. The molecule has 0 radical (unpaired) electrons. The molecule has 0 spiro atoms. The Morgan fingerprint density at radius 1 is 0.545 bits per heavy atom. The summed E-state index contributed by atoms with van der Waals surface area (Å²) in [5, 5.41) is 10.2. The van der Waals surface area contributed by atoms with Crippen molar-refractivity contribution in [2.75, 3.05) is 0 Å². The summed E-state index contributed by atoms with van der Waals surface area (Å²) in [7, 11) is 0. The molecule has 2 nitrogen and oxygen atoms in total. The van der Waals surface area contributed by atoms with Crippen molar-refractivity contribution in [3.63, 3.8) is 0 Å². The Hall–Kier alpha value is 0.00870. The van der Waals surface area contributed by atoms with Crippen molar-refractivity contribution < 1.29 is 9.90 Å². The van der Waals surface area contributed by atoms with Gasteiger partial charge in [0.05, 0.1) is 0 Å². The van der Waals surface area contributed by atoms with E-state index in [2.05, 4.69) is 39.8 Å². The number of carbonyl (C=O) groups is 1. The van der Waals surface area contributed by atoms with E-state index >= 15 is 0 Å². The molecule has 0 saturated carbocycles. The van der Waals surface area contributed by atoms with Crippen LogP contribution in [-0.2, 0) is 4.79 Å². The van der Waals surface area contributed by atoms with Crippen molar-refractivity contribution in [1.82, 2.24) is 0 Å². The average molecular weight is 572 g/mol. The molecule has 0 aliphatic rings. The molecular formula is C30H60O2Sn. The summed E-state index contributed by atoms with van der Waals surface area (Å²) in [5.41, 5.74) is 0. The molecule has 0 fully saturated rings. The summed E-state index contributed by atoms with van der Waals surface area (Å²) < 4.78 is 5.04. The topological polar surface area (TPSA) is 40.1 Å². The standard InChI is InChI=1S/C18H34O2.3C4H9.Sn/c1-2-3-4-5-6-7-8-9-10-11-12-13-14-15-16-17-18(19)20;3*1-3-4-2;/h9-10H,2-8,11-17H2,1H3,(H,19,20);3*1,3-4H2,2H3;/q;;;;+1/p-1. The van der Waals surface area contributed by atoms with Crippen molar-refractivity contribution in [2.45, 2.75) is 169 Å². The third-order valence-corrected chi connectivity index (χ3v) is 15.4. The molecule has 3 heteroatoms. The molecule has 0 aromatic carbocycles. The minimum absolute atomic E-state index is 0.220. The van der Waals surface area contributed by atoms with E-state index in [-0.39, 0.29) is 6.42 Å². The fourth-order valence-electron chi connectivity index (χ4n) is 4.00. The van der Waals surface area contributed by atoms with E-state index in [0.717, 1.165) is 19.3 Å². The molecule has 0 aromatic heterocycles. The fourth-order valence-corrected chi connectivity index (χ4v) is 13.4. The molecule has 0 atom stereocenters. The number of carboxylic acid groups (broad SMARTS) is 1. The van der Waals surface area contributed by atoms with Crippen molar-refractivity contribution in [3.05, 3.63) is 12.2 Å². The van der Waals surface area contributed by atoms with Gasteiger partial charge in [0, 0.05) is 5.97 Å². The maximum absolute atomic E-state index is 10.2. The summed E-state index contributed by atoms with van der Waals surface area (Å²) in [5.74, 6) is -0.914. The third-order valence-electron chi connectivity index (χ3n) is 6.29. The van der Waals surface area contributed by atoms with Gasteiger partial charge in [0.15, 0.2) is 0 Å². The summed E-state index contributed by atoms with van der Waals surface area (Å²) in [6.07, 6.45) is 29.7. The molecule has 0 unspecified atom stereocenters. The summed E-state index contributed by atoms with van der Waals surface area (Å²) >= 11 is -0.839. The van der Waals surface area contributed by atoms with Crippen LogP contribution in [0.3, 0.4) is 0 Å². The number of allylic oxidation sites excluding steroid dienone is 2. The molecule has 0 saturated heterocycles. The SMILES string of the molecule is CCCCCCCCC=CCCCCCCCC(=O)[O-].CCC[CH2][Sn+]([CH2]CCC)[CH2]CCC. The average Bonchev–Trinajstić information content (AvgIpc) is 2.81. The van der Waals surface area contributed by atoms with Crippen molar-refractivity contribution in [2.24, 2.45) is 0 Å². The molecule has 0 rings (SSSR count). The van der Waals surface area contributed by atoms with Crippen LogP contribution in [0.2, 0.25) is 13.3 Å². The van der Waals surface area contributed by atoms with E-state index in [0.29, 0.717) is 0 Å². The summed E-state index contributed by atoms with van der Waals surface area (Å²) in [4.78, 5) is 10.2. The van der Waals surface area contributed by atoms with Gasteiger partial charge in [-0.2, -0.15) is 0 Å². The summed E-state index contributed by atoms with van der Waals surface area (Å²) in [6.45, 7) is 9.26. The second-order valence-corrected chi connectivity index (χ2v) is 18.3. The Morgan fingerprint density at radius 3 is 1.30 bits per heavy atom. The molecule has 33 heavy (non-hydrogen) atoms. The first-order valence-electron chi connectivity index (χ1n) is 14.8. The van der Waals surface area contributed by atoms with Crippen LogP contribution in [0, 0.1) is 0 Å². The first-order chi connectivity index (χ1) is 16.1. The van der Waals surface area contributed by atoms with E-state index in [4.69, 9.17) is 0 Å². The molecule has 0 aliphatic heterocycles. The van der Waals surface area contributed by atoms with Crippen LogP contribution < -0.4 is 5.11 Å². The monoisotopic (exact) mass is 572 g/mol. The molecule has 0 bridgehead atoms. The van der Waals surface area contributed by atoms with Crippen molar-refractivity contribution in [1.29, 1.82) is 0 Å². The number of hydrogen-bond donors (Lipinski definition) is 0. The van der Waals surface area contributed by atoms with Gasteiger partial charge in [-0.3, -0.25) is 0 Å². The second kappa shape index (κ2) is 32.0. The molecule has 0 amide bonds. The second-order valence-electron chi connectivity index (χ2n) is 9.77. The Bertz CT molecular complexity index is 376. The van der Waals surface area contributed by atoms with Gasteiger partial charge in [-0.25, -0.2) is 0 Å². The van der Waals surface area contributed by atoms with Crippen LogP contribution >= 0.6 is 0 Å². The van der Waals surface area contributed by atoms with Gasteiger partial charge in [-0.1, -0.05) is 70.4 Å². The van der Waals surface area contributed by atoms with Gasteiger partial charge in [0.25, 0.3) is 0 Å². The molecule has 0 aromatic rings. The van der Waals surface area contributed by atoms with Gasteiger partial charge in [0.1, 0.15) is 0 Å². The zero-order valence-corrected chi connectivity index (χ0v) is 26.1. The predicted molar refractivity (Wildman–Crippen MR) is 149 cm³/mol. The number of rotatable bonds is 24. The number of carboxylic acids is 1. The quantitative estimate of drug-likeness (QED) is 0.0658. The van der Waals surface area contributed by atoms with Crippen LogP contribution in [0.1, 0.15) is 156 Å². The summed E-state index contributed by atoms with van der Waals surface area (Å²) in [6, 6.07) is 0. The van der Waals surface area contributed by atoms with E-state index in [1.54, 1.807) is 13.3 Å². The van der Waals surface area contributed by atoms with E-state index in [9.17, 15) is 9.90 Å². The van der Waals surface area contributed by atoms with Crippen LogP contribution in [0.4, 0.5) is 0 Å². The van der Waals surface area contributed by atoms with Crippen LogP contribution in [-0.4, -0.2) is 25.7 Å². The van der Waals surface area contributed by atoms with Crippen LogP contribution in [0.25, 0.3) is 0 Å². The molecule has 0 heterocycles. The van der Waals surface area contributed by atoms with E-state index < -0.39 is 25.7 Å². The van der Waals surface area contributed by atoms with Gasteiger partial charge in [-0.05, 0) is 38.5 Å². The first kappa shape index (κ1) is 35.2. The predicted octanol–water partition coefficient (Wildman–Crippen LogP) is 9.66. The number of unbranched alkanes of at least 4 members (excludes halogenated alkanes) is 14. The van der Waals surface area contributed by atoms with E-state index in [1.807, 2.05) is 0 Å². The molecule has 196 valence electrons. The molecule has 0 aliphatic carbocycles. The Kier molecular flexibility index (Phi) is 34.1. The van der Waals surface area contributed by atoms with Gasteiger partial charge in [-0.15, -0.1) is 0 Å². The van der Waals surface area contributed by atoms with Gasteiger partial charge in [0.2, 0.25) is 0 Å². The zero-order valence-electron chi connectivity index (χ0n) is 23.2. The zero-order chi connectivity index (χ0) is 24.8. The van der Waals surface area contributed by atoms with Crippen LogP contribution in [0.15, 0.2) is 12.2 Å². The number of carbonyl (C=O) groups excluding carboxylic acids is 1. The number of hydrogen-bond acceptors (Lipinski definition) is 2. The molecular weight excluding hydrogens is 511 g/mol. The maximum atomic E-state index is 10.2.